The van der Waals surface area contributed by atoms with Crippen molar-refractivity contribution in [2.45, 2.75) is 6.92 Å². The van der Waals surface area contributed by atoms with Crippen molar-refractivity contribution >= 4 is 23.1 Å². The van der Waals surface area contributed by atoms with Crippen LogP contribution in [0.4, 0.5) is 17.2 Å². The minimum atomic E-state index is -0.113. The van der Waals surface area contributed by atoms with Crippen molar-refractivity contribution in [2.24, 2.45) is 0 Å². The molecular weight excluding hydrogens is 242 g/mol. The second-order valence-corrected chi connectivity index (χ2v) is 3.97. The topological polar surface area (TPSA) is 63.2 Å². The largest absolute Gasteiger partial charge is 0.497 e. The highest BCUT2D eigenvalue weighted by atomic mass is 16.5. The van der Waals surface area contributed by atoms with E-state index in [4.69, 9.17) is 4.74 Å². The van der Waals surface area contributed by atoms with Crippen LogP contribution >= 0.6 is 0 Å². The zero-order chi connectivity index (χ0) is 13.7. The summed E-state index contributed by atoms with van der Waals surface area (Å²) in [6, 6.07) is 11.1. The van der Waals surface area contributed by atoms with Crippen LogP contribution in [0, 0.1) is 0 Å². The van der Waals surface area contributed by atoms with Gasteiger partial charge in [0.05, 0.1) is 19.0 Å². The molecule has 0 aliphatic heterocycles. The molecule has 2 rings (SSSR count). The van der Waals surface area contributed by atoms with Crippen molar-refractivity contribution in [2.75, 3.05) is 17.7 Å². The maximum absolute atomic E-state index is 10.9. The minimum Gasteiger partial charge on any atom is -0.497 e. The molecule has 0 spiro atoms. The molecule has 2 aromatic rings. The van der Waals surface area contributed by atoms with E-state index in [-0.39, 0.29) is 5.91 Å². The Bertz CT molecular complexity index is 550. The van der Waals surface area contributed by atoms with Crippen molar-refractivity contribution < 1.29 is 9.53 Å². The van der Waals surface area contributed by atoms with Gasteiger partial charge in [0.1, 0.15) is 11.6 Å². The number of rotatable bonds is 4. The highest BCUT2D eigenvalue weighted by molar-refractivity contribution is 5.88. The van der Waals surface area contributed by atoms with Crippen LogP contribution in [-0.2, 0) is 4.79 Å². The number of methoxy groups -OCH3 is 1. The zero-order valence-electron chi connectivity index (χ0n) is 10.8. The third-order valence-corrected chi connectivity index (χ3v) is 2.45. The molecule has 2 N–H and O–H groups in total. The Morgan fingerprint density at radius 1 is 1.11 bits per heavy atom. The average molecular weight is 257 g/mol. The number of amides is 1. The van der Waals surface area contributed by atoms with Gasteiger partial charge in [-0.05, 0) is 36.4 Å². The van der Waals surface area contributed by atoms with Gasteiger partial charge in [-0.2, -0.15) is 0 Å². The molecule has 19 heavy (non-hydrogen) atoms. The van der Waals surface area contributed by atoms with Gasteiger partial charge in [0.2, 0.25) is 5.91 Å². The Labute approximate surface area is 111 Å². The van der Waals surface area contributed by atoms with Crippen molar-refractivity contribution in [1.29, 1.82) is 0 Å². The Hall–Kier alpha value is -2.56. The normalized spacial score (nSPS) is 9.79. The smallest absolute Gasteiger partial charge is 0.221 e. The molecule has 5 heteroatoms. The molecule has 0 aliphatic carbocycles. The molecule has 0 fully saturated rings. The number of ether oxygens (including phenoxy) is 1. The van der Waals surface area contributed by atoms with Gasteiger partial charge in [-0.15, -0.1) is 0 Å². The molecule has 1 heterocycles. The molecule has 0 unspecified atom stereocenters. The van der Waals surface area contributed by atoms with Crippen LogP contribution in [0.25, 0.3) is 0 Å². The number of benzene rings is 1. The van der Waals surface area contributed by atoms with Gasteiger partial charge in [-0.25, -0.2) is 4.98 Å². The number of anilines is 3. The molecule has 5 nitrogen and oxygen atoms in total. The lowest BCUT2D eigenvalue weighted by Crippen LogP contribution is -2.06. The Morgan fingerprint density at radius 2 is 1.79 bits per heavy atom. The summed E-state index contributed by atoms with van der Waals surface area (Å²) in [7, 11) is 1.63. The number of carbonyl (C=O) groups is 1. The fourth-order valence-corrected chi connectivity index (χ4v) is 1.57. The van der Waals surface area contributed by atoms with Gasteiger partial charge < -0.3 is 15.4 Å². The lowest BCUT2D eigenvalue weighted by atomic mass is 10.3. The van der Waals surface area contributed by atoms with Crippen molar-refractivity contribution in [3.63, 3.8) is 0 Å². The van der Waals surface area contributed by atoms with Gasteiger partial charge in [0, 0.05) is 12.6 Å². The number of aromatic nitrogens is 1. The van der Waals surface area contributed by atoms with Crippen LogP contribution in [0.2, 0.25) is 0 Å². The molecule has 0 saturated heterocycles. The quantitative estimate of drug-likeness (QED) is 0.884. The summed E-state index contributed by atoms with van der Waals surface area (Å²) in [5.41, 5.74) is 1.59. The van der Waals surface area contributed by atoms with Crippen molar-refractivity contribution in [3.05, 3.63) is 42.6 Å². The first kappa shape index (κ1) is 12.9. The van der Waals surface area contributed by atoms with Gasteiger partial charge >= 0.3 is 0 Å². The van der Waals surface area contributed by atoms with E-state index in [1.54, 1.807) is 25.4 Å². The van der Waals surface area contributed by atoms with Gasteiger partial charge in [-0.1, -0.05) is 0 Å². The summed E-state index contributed by atoms with van der Waals surface area (Å²) in [4.78, 5) is 15.1. The first-order valence-corrected chi connectivity index (χ1v) is 5.82. The summed E-state index contributed by atoms with van der Waals surface area (Å²) in [5, 5.41) is 5.82. The number of nitrogens with one attached hydrogen (secondary N) is 2. The summed E-state index contributed by atoms with van der Waals surface area (Å²) >= 11 is 0. The van der Waals surface area contributed by atoms with E-state index in [9.17, 15) is 4.79 Å². The average Bonchev–Trinajstić information content (AvgIpc) is 2.41. The summed E-state index contributed by atoms with van der Waals surface area (Å²) in [5.74, 6) is 1.40. The van der Waals surface area contributed by atoms with E-state index in [1.165, 1.54) is 6.92 Å². The standard InChI is InChI=1S/C14H15N3O2/c1-10(18)16-12-5-8-14(15-9-12)17-11-3-6-13(19-2)7-4-11/h3-9H,1-2H3,(H,15,17)(H,16,18). The lowest BCUT2D eigenvalue weighted by molar-refractivity contribution is -0.114. The van der Waals surface area contributed by atoms with E-state index in [0.29, 0.717) is 11.5 Å². The molecule has 1 aromatic carbocycles. The summed E-state index contributed by atoms with van der Waals surface area (Å²) < 4.78 is 5.09. The Morgan fingerprint density at radius 3 is 2.32 bits per heavy atom. The number of nitrogens with zero attached hydrogens (tertiary/aromatic N) is 1. The monoisotopic (exact) mass is 257 g/mol. The summed E-state index contributed by atoms with van der Waals surface area (Å²) in [6.07, 6.45) is 1.60. The van der Waals surface area contributed by atoms with Crippen molar-refractivity contribution in [1.82, 2.24) is 4.98 Å². The lowest BCUT2D eigenvalue weighted by Gasteiger charge is -2.07. The molecule has 0 saturated carbocycles. The molecular formula is C14H15N3O2. The Balaban J connectivity index is 2.04. The maximum Gasteiger partial charge on any atom is 0.221 e. The molecule has 0 bridgehead atoms. The van der Waals surface area contributed by atoms with E-state index in [2.05, 4.69) is 15.6 Å². The van der Waals surface area contributed by atoms with Crippen LogP contribution in [0.3, 0.4) is 0 Å². The maximum atomic E-state index is 10.9. The van der Waals surface area contributed by atoms with E-state index >= 15 is 0 Å². The first-order chi connectivity index (χ1) is 9.17. The second kappa shape index (κ2) is 5.86. The minimum absolute atomic E-state index is 0.113. The number of hydrogen-bond acceptors (Lipinski definition) is 4. The highest BCUT2D eigenvalue weighted by Gasteiger charge is 1.99. The van der Waals surface area contributed by atoms with Crippen LogP contribution in [0.15, 0.2) is 42.6 Å². The summed E-state index contributed by atoms with van der Waals surface area (Å²) in [6.45, 7) is 1.46. The molecule has 0 atom stereocenters. The van der Waals surface area contributed by atoms with Gasteiger partial charge in [0.25, 0.3) is 0 Å². The first-order valence-electron chi connectivity index (χ1n) is 5.82. The predicted molar refractivity (Wildman–Crippen MR) is 74.8 cm³/mol. The van der Waals surface area contributed by atoms with E-state index in [1.807, 2.05) is 24.3 Å². The van der Waals surface area contributed by atoms with Gasteiger partial charge in [0.15, 0.2) is 0 Å². The van der Waals surface area contributed by atoms with E-state index < -0.39 is 0 Å². The Kier molecular flexibility index (Phi) is 3.97. The van der Waals surface area contributed by atoms with Gasteiger partial charge in [-0.3, -0.25) is 4.79 Å². The zero-order valence-corrected chi connectivity index (χ0v) is 10.8. The van der Waals surface area contributed by atoms with Crippen LogP contribution in [-0.4, -0.2) is 18.0 Å². The fraction of sp³-hybridized carbons (Fsp3) is 0.143. The molecule has 98 valence electrons. The van der Waals surface area contributed by atoms with Crippen LogP contribution in [0.5, 0.6) is 5.75 Å². The van der Waals surface area contributed by atoms with E-state index in [0.717, 1.165) is 11.4 Å². The van der Waals surface area contributed by atoms with Crippen molar-refractivity contribution in [3.8, 4) is 5.75 Å². The number of hydrogen-bond donors (Lipinski definition) is 2. The molecule has 1 amide bonds. The van der Waals surface area contributed by atoms with Crippen LogP contribution < -0.4 is 15.4 Å². The number of pyridine rings is 1. The third kappa shape index (κ3) is 3.70. The molecule has 0 radical (unpaired) electrons. The SMILES string of the molecule is COc1ccc(Nc2ccc(NC(C)=O)cn2)cc1. The van der Waals surface area contributed by atoms with Crippen LogP contribution in [0.1, 0.15) is 6.92 Å². The fourth-order valence-electron chi connectivity index (χ4n) is 1.57. The number of carbonyl (C=O) groups excluding carboxylic acids is 1. The second-order valence-electron chi connectivity index (χ2n) is 3.97. The molecule has 1 aromatic heterocycles. The molecule has 0 aliphatic rings. The highest BCUT2D eigenvalue weighted by Crippen LogP contribution is 2.19. The third-order valence-electron chi connectivity index (χ3n) is 2.45. The predicted octanol–water partition coefficient (Wildman–Crippen LogP) is 2.79.